The van der Waals surface area contributed by atoms with Gasteiger partial charge in [0, 0.05) is 23.7 Å². The molecule has 1 saturated heterocycles. The second-order valence-electron chi connectivity index (χ2n) is 9.65. The molecule has 0 saturated carbocycles. The Labute approximate surface area is 225 Å². The van der Waals surface area contributed by atoms with Gasteiger partial charge in [-0.25, -0.2) is 22.8 Å². The van der Waals surface area contributed by atoms with E-state index in [4.69, 9.17) is 14.7 Å². The van der Waals surface area contributed by atoms with Gasteiger partial charge in [0.25, 0.3) is 5.91 Å². The van der Waals surface area contributed by atoms with Crippen LogP contribution in [0, 0.1) is 0 Å². The van der Waals surface area contributed by atoms with E-state index in [2.05, 4.69) is 10.3 Å². The number of pyridine rings is 3. The third-order valence-electron chi connectivity index (χ3n) is 6.93. The summed E-state index contributed by atoms with van der Waals surface area (Å²) in [6.45, 7) is 1.45. The number of ether oxygens (including phenoxy) is 1. The SMILES string of the molecule is O=C(NCc1cc2nc(-c3cccc(N4CC[C@@H](F)C4)n3)ccc2cn1)c1ccc2c(c1)S(=O)(=O)CCOC2. The summed E-state index contributed by atoms with van der Waals surface area (Å²) in [5, 5.41) is 3.65. The van der Waals surface area contributed by atoms with Crippen molar-refractivity contribution in [1.82, 2.24) is 20.3 Å². The maximum Gasteiger partial charge on any atom is 0.251 e. The van der Waals surface area contributed by atoms with Crippen molar-refractivity contribution in [3.8, 4) is 11.4 Å². The molecule has 5 heterocycles. The first-order valence-corrected chi connectivity index (χ1v) is 14.3. The maximum absolute atomic E-state index is 13.7. The van der Waals surface area contributed by atoms with Gasteiger partial charge in [0.05, 0.1) is 59.6 Å². The van der Waals surface area contributed by atoms with E-state index in [-0.39, 0.29) is 36.0 Å². The van der Waals surface area contributed by atoms with Crippen LogP contribution in [-0.4, -0.2) is 60.9 Å². The van der Waals surface area contributed by atoms with Crippen LogP contribution < -0.4 is 10.2 Å². The predicted octanol–water partition coefficient (Wildman–Crippen LogP) is 3.47. The molecule has 6 rings (SSSR count). The van der Waals surface area contributed by atoms with Crippen molar-refractivity contribution in [3.63, 3.8) is 0 Å². The normalized spacial score (nSPS) is 18.5. The Morgan fingerprint density at radius 2 is 1.97 bits per heavy atom. The average Bonchev–Trinajstić information content (AvgIpc) is 3.33. The zero-order valence-electron chi connectivity index (χ0n) is 21.0. The smallest absolute Gasteiger partial charge is 0.251 e. The van der Waals surface area contributed by atoms with E-state index < -0.39 is 21.9 Å². The number of hydrogen-bond donors (Lipinski definition) is 1. The lowest BCUT2D eigenvalue weighted by atomic mass is 10.1. The van der Waals surface area contributed by atoms with Gasteiger partial charge in [-0.1, -0.05) is 12.1 Å². The number of halogens is 1. The first-order chi connectivity index (χ1) is 18.9. The van der Waals surface area contributed by atoms with Gasteiger partial charge in [0.1, 0.15) is 12.0 Å². The quantitative estimate of drug-likeness (QED) is 0.404. The highest BCUT2D eigenvalue weighted by Gasteiger charge is 2.24. The monoisotopic (exact) mass is 547 g/mol. The molecular formula is C28H26FN5O4S. The number of rotatable bonds is 5. The molecule has 0 aliphatic carbocycles. The minimum atomic E-state index is -3.51. The number of fused-ring (bicyclic) bond motifs is 2. The summed E-state index contributed by atoms with van der Waals surface area (Å²) in [5.74, 6) is 0.211. The van der Waals surface area contributed by atoms with Gasteiger partial charge in [-0.3, -0.25) is 9.78 Å². The molecule has 0 spiro atoms. The number of nitrogens with one attached hydrogen (secondary N) is 1. The number of nitrogens with zero attached hydrogens (tertiary/aromatic N) is 4. The molecule has 39 heavy (non-hydrogen) atoms. The summed E-state index contributed by atoms with van der Waals surface area (Å²) in [7, 11) is -3.51. The molecule has 1 fully saturated rings. The third-order valence-corrected chi connectivity index (χ3v) is 8.68. The number of hydrogen-bond acceptors (Lipinski definition) is 8. The molecule has 2 aliphatic rings. The number of anilines is 1. The summed E-state index contributed by atoms with van der Waals surface area (Å²) in [6, 6.07) is 15.8. The molecule has 1 aromatic carbocycles. The summed E-state index contributed by atoms with van der Waals surface area (Å²) < 4.78 is 44.1. The van der Waals surface area contributed by atoms with E-state index in [0.717, 1.165) is 11.2 Å². The summed E-state index contributed by atoms with van der Waals surface area (Å²) >= 11 is 0. The van der Waals surface area contributed by atoms with Crippen molar-refractivity contribution in [2.24, 2.45) is 0 Å². The van der Waals surface area contributed by atoms with Crippen LogP contribution in [-0.2, 0) is 27.7 Å². The molecular weight excluding hydrogens is 521 g/mol. The van der Waals surface area contributed by atoms with Crippen LogP contribution in [0.5, 0.6) is 0 Å². The van der Waals surface area contributed by atoms with Gasteiger partial charge >= 0.3 is 0 Å². The summed E-state index contributed by atoms with van der Waals surface area (Å²) in [6.07, 6.45) is 1.37. The average molecular weight is 548 g/mol. The van der Waals surface area contributed by atoms with Crippen molar-refractivity contribution < 1.29 is 22.3 Å². The highest BCUT2D eigenvalue weighted by atomic mass is 32.2. The van der Waals surface area contributed by atoms with Crippen molar-refractivity contribution in [2.75, 3.05) is 30.3 Å². The van der Waals surface area contributed by atoms with Gasteiger partial charge in [-0.2, -0.15) is 0 Å². The van der Waals surface area contributed by atoms with Crippen molar-refractivity contribution in [3.05, 3.63) is 77.6 Å². The Morgan fingerprint density at radius 3 is 2.82 bits per heavy atom. The standard InChI is InChI=1S/C28H26FN5O4S/c29-21-8-9-34(16-21)27-3-1-2-23(33-27)24-7-6-19-14-30-22(13-25(19)32-24)15-31-28(35)18-4-5-20-17-38-10-11-39(36,37)26(20)12-18/h1-7,12-14,21H,8-11,15-17H2,(H,31,35)/t21-/m1/s1. The minimum Gasteiger partial charge on any atom is -0.376 e. The van der Waals surface area contributed by atoms with Gasteiger partial charge < -0.3 is 15.0 Å². The van der Waals surface area contributed by atoms with E-state index in [1.165, 1.54) is 6.07 Å². The maximum atomic E-state index is 13.7. The van der Waals surface area contributed by atoms with E-state index in [1.54, 1.807) is 24.4 Å². The number of carbonyl (C=O) groups is 1. The number of aromatic nitrogens is 3. The molecule has 0 radical (unpaired) electrons. The van der Waals surface area contributed by atoms with Crippen molar-refractivity contribution in [1.29, 1.82) is 0 Å². The van der Waals surface area contributed by atoms with Crippen LogP contribution in [0.1, 0.15) is 28.0 Å². The number of benzene rings is 1. The lowest BCUT2D eigenvalue weighted by Gasteiger charge is -2.16. The highest BCUT2D eigenvalue weighted by Crippen LogP contribution is 2.26. The fourth-order valence-electron chi connectivity index (χ4n) is 4.80. The zero-order chi connectivity index (χ0) is 27.0. The van der Waals surface area contributed by atoms with E-state index in [0.29, 0.717) is 47.7 Å². The molecule has 2 aliphatic heterocycles. The van der Waals surface area contributed by atoms with E-state index in [1.807, 2.05) is 35.2 Å². The molecule has 200 valence electrons. The van der Waals surface area contributed by atoms with Gasteiger partial charge in [-0.15, -0.1) is 0 Å². The fourth-order valence-corrected chi connectivity index (χ4v) is 6.19. The lowest BCUT2D eigenvalue weighted by molar-refractivity contribution is 0.0950. The van der Waals surface area contributed by atoms with Crippen LogP contribution >= 0.6 is 0 Å². The van der Waals surface area contributed by atoms with Gasteiger partial charge in [0.2, 0.25) is 0 Å². The topological polar surface area (TPSA) is 114 Å². The fraction of sp³-hybridized carbons (Fsp3) is 0.286. The van der Waals surface area contributed by atoms with Crippen LogP contribution in [0.25, 0.3) is 22.3 Å². The molecule has 1 amide bonds. The summed E-state index contributed by atoms with van der Waals surface area (Å²) in [4.78, 5) is 28.8. The van der Waals surface area contributed by atoms with Gasteiger partial charge in [-0.05, 0) is 54.4 Å². The Bertz CT molecular complexity index is 1680. The zero-order valence-corrected chi connectivity index (χ0v) is 21.8. The largest absolute Gasteiger partial charge is 0.376 e. The molecule has 11 heteroatoms. The minimum absolute atomic E-state index is 0.114. The van der Waals surface area contributed by atoms with E-state index in [9.17, 15) is 17.6 Å². The molecule has 0 unspecified atom stereocenters. The number of carbonyl (C=O) groups excluding carboxylic acids is 1. The molecule has 3 aromatic heterocycles. The number of amides is 1. The van der Waals surface area contributed by atoms with Crippen LogP contribution in [0.3, 0.4) is 0 Å². The second kappa shape index (κ2) is 10.3. The predicted molar refractivity (Wildman–Crippen MR) is 144 cm³/mol. The second-order valence-corrected chi connectivity index (χ2v) is 11.7. The van der Waals surface area contributed by atoms with Crippen molar-refractivity contribution in [2.45, 2.75) is 30.6 Å². The van der Waals surface area contributed by atoms with Crippen LogP contribution in [0.2, 0.25) is 0 Å². The Balaban J connectivity index is 1.20. The van der Waals surface area contributed by atoms with Gasteiger partial charge in [0.15, 0.2) is 9.84 Å². The van der Waals surface area contributed by atoms with Crippen molar-refractivity contribution >= 4 is 32.5 Å². The highest BCUT2D eigenvalue weighted by molar-refractivity contribution is 7.91. The number of sulfone groups is 1. The first kappa shape index (κ1) is 25.3. The lowest BCUT2D eigenvalue weighted by Crippen LogP contribution is -2.23. The van der Waals surface area contributed by atoms with Crippen LogP contribution in [0.15, 0.2) is 65.7 Å². The molecule has 9 nitrogen and oxygen atoms in total. The first-order valence-electron chi connectivity index (χ1n) is 12.7. The molecule has 4 aromatic rings. The third kappa shape index (κ3) is 5.32. The molecule has 1 N–H and O–H groups in total. The van der Waals surface area contributed by atoms with Crippen LogP contribution in [0.4, 0.5) is 10.2 Å². The molecule has 0 bridgehead atoms. The number of alkyl halides is 1. The molecule has 1 atom stereocenters. The Kier molecular flexibility index (Phi) is 6.69. The summed E-state index contributed by atoms with van der Waals surface area (Å²) in [5.41, 5.74) is 3.46. The Hall–Kier alpha value is -3.96. The van der Waals surface area contributed by atoms with E-state index >= 15 is 0 Å². The Morgan fingerprint density at radius 1 is 1.10 bits per heavy atom.